The molecule has 1 fully saturated rings. The monoisotopic (exact) mass is 544 g/mol. The smallest absolute Gasteiger partial charge is 0.253 e. The third-order valence-corrected chi connectivity index (χ3v) is 10.3. The average Bonchev–Trinajstić information content (AvgIpc) is 3.42. The van der Waals surface area contributed by atoms with Gasteiger partial charge in [-0.25, -0.2) is 17.8 Å². The number of aromatic nitrogens is 1. The van der Waals surface area contributed by atoms with Crippen molar-refractivity contribution in [1.29, 1.82) is 0 Å². The number of amides is 1. The third kappa shape index (κ3) is 5.44. The molecular formula is C22H26ClFN4O3S3. The lowest BCUT2D eigenvalue weighted by atomic mass is 10.0. The zero-order chi connectivity index (χ0) is 24.5. The fraction of sp³-hybridized carbons (Fsp3) is 0.455. The Hall–Kier alpha value is -1.63. The van der Waals surface area contributed by atoms with Crippen LogP contribution in [0.2, 0.25) is 4.34 Å². The summed E-state index contributed by atoms with van der Waals surface area (Å²) in [6.07, 6.45) is 2.55. The molecule has 34 heavy (non-hydrogen) atoms. The highest BCUT2D eigenvalue weighted by Gasteiger charge is 2.41. The molecule has 0 radical (unpaired) electrons. The van der Waals surface area contributed by atoms with Crippen molar-refractivity contribution in [1.82, 2.24) is 14.2 Å². The highest BCUT2D eigenvalue weighted by atomic mass is 35.5. The van der Waals surface area contributed by atoms with E-state index >= 15 is 0 Å². The second kappa shape index (κ2) is 10.5. The van der Waals surface area contributed by atoms with Gasteiger partial charge in [-0.2, -0.15) is 4.31 Å². The van der Waals surface area contributed by atoms with E-state index in [1.54, 1.807) is 17.0 Å². The first kappa shape index (κ1) is 25.5. The molecule has 7 nitrogen and oxygen atoms in total. The van der Waals surface area contributed by atoms with E-state index in [1.807, 2.05) is 19.0 Å². The molecule has 184 valence electrons. The minimum atomic E-state index is -3.87. The van der Waals surface area contributed by atoms with Crippen LogP contribution < -0.4 is 4.90 Å². The molecule has 2 aromatic heterocycles. The van der Waals surface area contributed by atoms with E-state index in [9.17, 15) is 17.6 Å². The van der Waals surface area contributed by atoms with Crippen LogP contribution in [0.5, 0.6) is 0 Å². The fourth-order valence-corrected chi connectivity index (χ4v) is 8.30. The highest BCUT2D eigenvalue weighted by Crippen LogP contribution is 2.34. The van der Waals surface area contributed by atoms with Crippen molar-refractivity contribution in [2.45, 2.75) is 35.9 Å². The molecule has 3 heterocycles. The molecule has 1 aromatic carbocycles. The van der Waals surface area contributed by atoms with Gasteiger partial charge in [0, 0.05) is 13.1 Å². The maximum absolute atomic E-state index is 13.9. The van der Waals surface area contributed by atoms with Crippen molar-refractivity contribution in [3.05, 3.63) is 40.5 Å². The predicted molar refractivity (Wildman–Crippen MR) is 136 cm³/mol. The number of rotatable bonds is 8. The number of thiazole rings is 1. The summed E-state index contributed by atoms with van der Waals surface area (Å²) in [5, 5.41) is 0.450. The topological polar surface area (TPSA) is 73.8 Å². The van der Waals surface area contributed by atoms with Gasteiger partial charge in [0.15, 0.2) is 5.13 Å². The summed E-state index contributed by atoms with van der Waals surface area (Å²) < 4.78 is 43.0. The normalized spacial score (nSPS) is 17.5. The lowest BCUT2D eigenvalue weighted by Gasteiger charge is -2.36. The van der Waals surface area contributed by atoms with E-state index in [0.717, 1.165) is 24.3 Å². The standard InChI is InChI=1S/C22H26ClFN4O3S3/c1-26(2)11-5-12-27(22-25-16-8-7-15(24)14-18(16)32-22)21(29)17-6-3-4-13-28(17)34(30,31)20-10-9-19(23)33-20/h7-10,14,17H,3-6,11-13H2,1-2H3. The molecule has 1 aliphatic heterocycles. The van der Waals surface area contributed by atoms with Gasteiger partial charge >= 0.3 is 0 Å². The minimum Gasteiger partial charge on any atom is -0.309 e. The summed E-state index contributed by atoms with van der Waals surface area (Å²) in [5.41, 5.74) is 0.605. The lowest BCUT2D eigenvalue weighted by Crippen LogP contribution is -2.53. The van der Waals surface area contributed by atoms with Crippen molar-refractivity contribution in [2.24, 2.45) is 0 Å². The molecule has 1 amide bonds. The lowest BCUT2D eigenvalue weighted by molar-refractivity contribution is -0.123. The summed E-state index contributed by atoms with van der Waals surface area (Å²) in [4.78, 5) is 22.1. The number of anilines is 1. The van der Waals surface area contributed by atoms with Crippen LogP contribution in [0.25, 0.3) is 10.2 Å². The van der Waals surface area contributed by atoms with Crippen LogP contribution in [-0.4, -0.2) is 68.3 Å². The van der Waals surface area contributed by atoms with E-state index in [-0.39, 0.29) is 22.5 Å². The number of fused-ring (bicyclic) bond motifs is 1. The molecule has 1 aliphatic rings. The van der Waals surface area contributed by atoms with Crippen LogP contribution in [0.3, 0.4) is 0 Å². The van der Waals surface area contributed by atoms with E-state index < -0.39 is 16.1 Å². The first-order valence-electron chi connectivity index (χ1n) is 11.0. The molecule has 3 aromatic rings. The summed E-state index contributed by atoms with van der Waals surface area (Å²) >= 11 is 8.21. The van der Waals surface area contributed by atoms with Crippen molar-refractivity contribution < 1.29 is 17.6 Å². The van der Waals surface area contributed by atoms with Gasteiger partial charge in [0.25, 0.3) is 10.0 Å². The number of piperidine rings is 1. The number of benzene rings is 1. The molecule has 1 saturated heterocycles. The predicted octanol–water partition coefficient (Wildman–Crippen LogP) is 4.68. The Kier molecular flexibility index (Phi) is 7.90. The summed E-state index contributed by atoms with van der Waals surface area (Å²) in [7, 11) is 0.0350. The number of halogens is 2. The Morgan fingerprint density at radius 3 is 2.71 bits per heavy atom. The number of carbonyl (C=O) groups excluding carboxylic acids is 1. The number of hydrogen-bond donors (Lipinski definition) is 0. The first-order valence-corrected chi connectivity index (χ1v) is 14.4. The van der Waals surface area contributed by atoms with Crippen LogP contribution in [0, 0.1) is 5.82 Å². The van der Waals surface area contributed by atoms with Gasteiger partial charge in [0.1, 0.15) is 16.1 Å². The molecule has 12 heteroatoms. The maximum Gasteiger partial charge on any atom is 0.253 e. The second-order valence-corrected chi connectivity index (χ2v) is 13.3. The Balaban J connectivity index is 1.68. The zero-order valence-corrected chi connectivity index (χ0v) is 22.1. The molecule has 0 aliphatic carbocycles. The number of nitrogens with zero attached hydrogens (tertiary/aromatic N) is 4. The van der Waals surface area contributed by atoms with Gasteiger partial charge in [-0.15, -0.1) is 11.3 Å². The van der Waals surface area contributed by atoms with Gasteiger partial charge in [0.05, 0.1) is 14.6 Å². The van der Waals surface area contributed by atoms with Crippen LogP contribution >= 0.6 is 34.3 Å². The van der Waals surface area contributed by atoms with Gasteiger partial charge < -0.3 is 4.90 Å². The molecule has 0 spiro atoms. The number of carbonyl (C=O) groups is 1. The Bertz CT molecular complexity index is 1280. The van der Waals surface area contributed by atoms with E-state index in [1.165, 1.54) is 33.8 Å². The third-order valence-electron chi connectivity index (χ3n) is 5.67. The summed E-state index contributed by atoms with van der Waals surface area (Å²) in [6, 6.07) is 6.53. The Morgan fingerprint density at radius 1 is 1.21 bits per heavy atom. The van der Waals surface area contributed by atoms with Crippen molar-refractivity contribution in [3.63, 3.8) is 0 Å². The average molecular weight is 545 g/mol. The van der Waals surface area contributed by atoms with Crippen LogP contribution in [0.1, 0.15) is 25.7 Å². The molecule has 0 N–H and O–H groups in total. The highest BCUT2D eigenvalue weighted by molar-refractivity contribution is 7.91. The van der Waals surface area contributed by atoms with Crippen LogP contribution in [0.15, 0.2) is 34.5 Å². The quantitative estimate of drug-likeness (QED) is 0.412. The molecule has 0 bridgehead atoms. The van der Waals surface area contributed by atoms with Crippen molar-refractivity contribution >= 4 is 65.6 Å². The van der Waals surface area contributed by atoms with Gasteiger partial charge in [-0.1, -0.05) is 29.4 Å². The maximum atomic E-state index is 13.9. The molecule has 1 unspecified atom stereocenters. The van der Waals surface area contributed by atoms with Crippen molar-refractivity contribution in [2.75, 3.05) is 38.6 Å². The molecule has 4 rings (SSSR count). The SMILES string of the molecule is CN(C)CCCN(C(=O)C1CCCCN1S(=O)(=O)c1ccc(Cl)s1)c1nc2ccc(F)cc2s1. The van der Waals surface area contributed by atoms with Crippen molar-refractivity contribution in [3.8, 4) is 0 Å². The van der Waals surface area contributed by atoms with Gasteiger partial charge in [-0.3, -0.25) is 9.69 Å². The number of thiophene rings is 1. The van der Waals surface area contributed by atoms with E-state index in [4.69, 9.17) is 11.6 Å². The zero-order valence-electron chi connectivity index (χ0n) is 18.9. The van der Waals surface area contributed by atoms with Gasteiger partial charge in [-0.05, 0) is 70.2 Å². The van der Waals surface area contributed by atoms with E-state index in [2.05, 4.69) is 4.98 Å². The Morgan fingerprint density at radius 2 is 2.00 bits per heavy atom. The summed E-state index contributed by atoms with van der Waals surface area (Å²) in [5.74, 6) is -0.670. The molecular weight excluding hydrogens is 519 g/mol. The van der Waals surface area contributed by atoms with Crippen LogP contribution in [0.4, 0.5) is 9.52 Å². The van der Waals surface area contributed by atoms with E-state index in [0.29, 0.717) is 45.5 Å². The Labute approximate surface area is 211 Å². The minimum absolute atomic E-state index is 0.131. The molecule has 0 saturated carbocycles. The second-order valence-electron chi connectivity index (χ2n) is 8.44. The van der Waals surface area contributed by atoms with Gasteiger partial charge in [0.2, 0.25) is 5.91 Å². The van der Waals surface area contributed by atoms with Crippen LogP contribution in [-0.2, 0) is 14.8 Å². The fourth-order valence-electron chi connectivity index (χ4n) is 4.02. The summed E-state index contributed by atoms with van der Waals surface area (Å²) in [6.45, 7) is 1.41. The molecule has 1 atom stereocenters. The largest absolute Gasteiger partial charge is 0.309 e. The number of sulfonamides is 1. The first-order chi connectivity index (χ1) is 16.2. The number of hydrogen-bond acceptors (Lipinski definition) is 7.